The molecule has 1 fully saturated rings. The third-order valence-corrected chi connectivity index (χ3v) is 3.14. The van der Waals surface area contributed by atoms with Crippen LogP contribution < -0.4 is 5.73 Å². The van der Waals surface area contributed by atoms with Gasteiger partial charge in [-0.15, -0.1) is 0 Å². The van der Waals surface area contributed by atoms with E-state index in [4.69, 9.17) is 15.6 Å². The summed E-state index contributed by atoms with van der Waals surface area (Å²) in [4.78, 5) is 0. The van der Waals surface area contributed by atoms with Gasteiger partial charge in [-0.25, -0.2) is 0 Å². The summed E-state index contributed by atoms with van der Waals surface area (Å²) in [7, 11) is 0. The Labute approximate surface area is 83.4 Å². The third-order valence-electron chi connectivity index (χ3n) is 1.93. The minimum absolute atomic E-state index is 0.309. The van der Waals surface area contributed by atoms with Crippen LogP contribution in [-0.4, -0.2) is 72.7 Å². The van der Waals surface area contributed by atoms with Crippen molar-refractivity contribution in [2.24, 2.45) is 5.73 Å². The Balaban J connectivity index is 2.63. The molecule has 5 unspecified atom stereocenters. The first-order valence-corrected chi connectivity index (χ1v) is 4.96. The predicted octanol–water partition coefficient (Wildman–Crippen LogP) is -3.08. The van der Waals surface area contributed by atoms with Gasteiger partial charge in [0.1, 0.15) is 0 Å². The van der Waals surface area contributed by atoms with Crippen LogP contribution in [0.4, 0.5) is 0 Å². The summed E-state index contributed by atoms with van der Waals surface area (Å²) in [6, 6.07) is -0.590. The number of hydrogen-bond donors (Lipinski definition) is 4. The van der Waals surface area contributed by atoms with Crippen molar-refractivity contribution < 1.29 is 20.1 Å². The SMILES string of the molecule is NC1C([Te])OC(CO)C(O)C1O. The number of ether oxygens (including phenoxy) is 1. The first-order valence-electron chi connectivity index (χ1n) is 3.61. The van der Waals surface area contributed by atoms with Crippen LogP contribution in [0.15, 0.2) is 0 Å². The second kappa shape index (κ2) is 4.20. The monoisotopic (exact) mass is 292 g/mol. The molecule has 1 saturated heterocycles. The fourth-order valence-corrected chi connectivity index (χ4v) is 1.97. The van der Waals surface area contributed by atoms with Crippen LogP contribution in [-0.2, 0) is 4.74 Å². The summed E-state index contributed by atoms with van der Waals surface area (Å²) in [5.41, 5.74) is 5.51. The maximum atomic E-state index is 9.35. The molecule has 0 saturated carbocycles. The van der Waals surface area contributed by atoms with Crippen molar-refractivity contribution >= 4 is 22.3 Å². The van der Waals surface area contributed by atoms with Crippen molar-refractivity contribution in [1.29, 1.82) is 0 Å². The van der Waals surface area contributed by atoms with Gasteiger partial charge in [0, 0.05) is 0 Å². The van der Waals surface area contributed by atoms with Crippen molar-refractivity contribution in [3.05, 3.63) is 0 Å². The van der Waals surface area contributed by atoms with Crippen LogP contribution in [0.25, 0.3) is 0 Å². The molecule has 1 radical (unpaired) electrons. The molecule has 1 aliphatic heterocycles. The quantitative estimate of drug-likeness (QED) is 0.384. The zero-order valence-corrected chi connectivity index (χ0v) is 8.66. The molecule has 5 N–H and O–H groups in total. The van der Waals surface area contributed by atoms with Gasteiger partial charge in [0.2, 0.25) is 0 Å². The average molecular weight is 290 g/mol. The van der Waals surface area contributed by atoms with E-state index in [0.29, 0.717) is 0 Å². The van der Waals surface area contributed by atoms with Gasteiger partial charge in [-0.05, 0) is 0 Å². The van der Waals surface area contributed by atoms with Crippen molar-refractivity contribution in [3.8, 4) is 0 Å². The van der Waals surface area contributed by atoms with Crippen molar-refractivity contribution in [3.63, 3.8) is 0 Å². The molecular weight excluding hydrogens is 278 g/mol. The first kappa shape index (κ1) is 10.7. The van der Waals surface area contributed by atoms with Gasteiger partial charge >= 0.3 is 83.2 Å². The van der Waals surface area contributed by atoms with E-state index >= 15 is 0 Å². The minimum atomic E-state index is -1.09. The van der Waals surface area contributed by atoms with E-state index < -0.39 is 24.4 Å². The summed E-state index contributed by atoms with van der Waals surface area (Å²) in [5.74, 6) is 0. The maximum absolute atomic E-state index is 9.35. The molecule has 6 heteroatoms. The number of aliphatic hydroxyl groups is 3. The fraction of sp³-hybridized carbons (Fsp3) is 1.00. The van der Waals surface area contributed by atoms with Gasteiger partial charge in [-0.1, -0.05) is 0 Å². The van der Waals surface area contributed by atoms with Crippen molar-refractivity contribution in [1.82, 2.24) is 0 Å². The Morgan fingerprint density at radius 2 is 1.92 bits per heavy atom. The summed E-state index contributed by atoms with van der Waals surface area (Å²) in [6.45, 7) is -0.309. The number of nitrogens with two attached hydrogens (primary N) is 1. The number of rotatable bonds is 1. The van der Waals surface area contributed by atoms with E-state index in [2.05, 4.69) is 0 Å². The van der Waals surface area contributed by atoms with Gasteiger partial charge < -0.3 is 0 Å². The van der Waals surface area contributed by atoms with E-state index in [1.54, 1.807) is 22.3 Å². The first-order chi connectivity index (χ1) is 5.57. The van der Waals surface area contributed by atoms with Crippen LogP contribution in [0.3, 0.4) is 0 Å². The second-order valence-electron chi connectivity index (χ2n) is 2.78. The Hall–Kier alpha value is 0.590. The van der Waals surface area contributed by atoms with Crippen molar-refractivity contribution in [2.45, 2.75) is 28.5 Å². The molecule has 1 aliphatic rings. The molecule has 1 heterocycles. The van der Waals surface area contributed by atoms with E-state index in [1.807, 2.05) is 0 Å². The molecule has 0 aliphatic carbocycles. The Bertz CT molecular complexity index is 154. The van der Waals surface area contributed by atoms with Crippen LogP contribution in [0.1, 0.15) is 0 Å². The fourth-order valence-electron chi connectivity index (χ4n) is 1.10. The van der Waals surface area contributed by atoms with Crippen LogP contribution >= 0.6 is 0 Å². The third kappa shape index (κ3) is 1.91. The number of aliphatic hydroxyl groups excluding tert-OH is 3. The number of hydrogen-bond acceptors (Lipinski definition) is 5. The predicted molar refractivity (Wildman–Crippen MR) is 41.5 cm³/mol. The summed E-state index contributed by atoms with van der Waals surface area (Å²) >= 11 is 1.62. The van der Waals surface area contributed by atoms with Gasteiger partial charge in [0.25, 0.3) is 0 Å². The molecule has 1 rings (SSSR count). The topological polar surface area (TPSA) is 95.9 Å². The van der Waals surface area contributed by atoms with E-state index in [1.165, 1.54) is 0 Å². The molecule has 12 heavy (non-hydrogen) atoms. The average Bonchev–Trinajstić information content (AvgIpc) is 2.08. The molecule has 0 amide bonds. The zero-order chi connectivity index (χ0) is 9.30. The molecule has 5 nitrogen and oxygen atoms in total. The summed E-state index contributed by atoms with van der Waals surface area (Å²) < 4.78 is 4.81. The van der Waals surface area contributed by atoms with E-state index in [0.717, 1.165) is 0 Å². The Kier molecular flexibility index (Phi) is 3.73. The zero-order valence-electron chi connectivity index (χ0n) is 6.33. The van der Waals surface area contributed by atoms with E-state index in [9.17, 15) is 10.2 Å². The molecule has 0 aromatic heterocycles. The Morgan fingerprint density at radius 1 is 1.33 bits per heavy atom. The van der Waals surface area contributed by atoms with Crippen LogP contribution in [0, 0.1) is 0 Å². The molecular formula is C6H12NO4Te. The van der Waals surface area contributed by atoms with Gasteiger partial charge in [-0.3, -0.25) is 0 Å². The standard InChI is InChI=1S/C6H12NO4Te/c7-3-5(10)4(9)2(1-8)11-6(3)12/h2-6,8-10H,1,7H2. The molecule has 5 atom stereocenters. The van der Waals surface area contributed by atoms with Crippen LogP contribution in [0.2, 0.25) is 0 Å². The van der Waals surface area contributed by atoms with Crippen molar-refractivity contribution in [2.75, 3.05) is 6.61 Å². The molecule has 0 aromatic carbocycles. The van der Waals surface area contributed by atoms with Gasteiger partial charge in [0.15, 0.2) is 0 Å². The van der Waals surface area contributed by atoms with E-state index in [-0.39, 0.29) is 10.8 Å². The molecule has 0 spiro atoms. The Morgan fingerprint density at radius 3 is 2.42 bits per heavy atom. The normalized spacial score (nSPS) is 49.2. The van der Waals surface area contributed by atoms with Crippen LogP contribution in [0.5, 0.6) is 0 Å². The van der Waals surface area contributed by atoms with Gasteiger partial charge in [0.05, 0.1) is 0 Å². The summed E-state index contributed by atoms with van der Waals surface area (Å²) in [6.07, 6.45) is -2.84. The molecule has 0 bridgehead atoms. The second-order valence-corrected chi connectivity index (χ2v) is 4.11. The molecule has 0 aromatic rings. The summed E-state index contributed by atoms with van der Waals surface area (Å²) in [5, 5.41) is 27.4. The molecule has 71 valence electrons. The van der Waals surface area contributed by atoms with Gasteiger partial charge in [-0.2, -0.15) is 0 Å².